The molecule has 6 nitrogen and oxygen atoms in total. The minimum Gasteiger partial charge on any atom is -0.493 e. The molecule has 0 amide bonds. The SMILES string of the molecule is COc1ccc(C=Cc2nc3sc(=Cc4cccc5ccccc45)c(=O)n3n2)cc1OC. The highest BCUT2D eigenvalue weighted by Gasteiger charge is 2.10. The van der Waals surface area contributed by atoms with Gasteiger partial charge in [0.1, 0.15) is 0 Å². The van der Waals surface area contributed by atoms with Crippen LogP contribution in [0.5, 0.6) is 11.5 Å². The van der Waals surface area contributed by atoms with E-state index in [-0.39, 0.29) is 5.56 Å². The molecule has 0 N–H and O–H groups in total. The lowest BCUT2D eigenvalue weighted by Gasteiger charge is -2.07. The predicted octanol–water partition coefficient (Wildman–Crippen LogP) is 4.04. The molecule has 0 saturated heterocycles. The summed E-state index contributed by atoms with van der Waals surface area (Å²) >= 11 is 1.33. The highest BCUT2D eigenvalue weighted by atomic mass is 32.1. The molecule has 32 heavy (non-hydrogen) atoms. The van der Waals surface area contributed by atoms with E-state index in [0.29, 0.717) is 26.8 Å². The van der Waals surface area contributed by atoms with Gasteiger partial charge in [-0.05, 0) is 46.2 Å². The molecular formula is C25H19N3O3S. The lowest BCUT2D eigenvalue weighted by Crippen LogP contribution is -2.23. The summed E-state index contributed by atoms with van der Waals surface area (Å²) in [4.78, 5) is 18.0. The number of hydrogen-bond acceptors (Lipinski definition) is 6. The van der Waals surface area contributed by atoms with E-state index in [1.807, 2.05) is 54.6 Å². The fourth-order valence-corrected chi connectivity index (χ4v) is 4.47. The number of ether oxygens (including phenoxy) is 2. The highest BCUT2D eigenvalue weighted by Crippen LogP contribution is 2.28. The van der Waals surface area contributed by atoms with E-state index in [0.717, 1.165) is 21.9 Å². The third-order valence-electron chi connectivity index (χ3n) is 5.14. The second-order valence-corrected chi connectivity index (χ2v) is 8.11. The van der Waals surface area contributed by atoms with Gasteiger partial charge in [0, 0.05) is 0 Å². The molecule has 5 aromatic rings. The number of aromatic nitrogens is 3. The van der Waals surface area contributed by atoms with Crippen LogP contribution in [0.3, 0.4) is 0 Å². The van der Waals surface area contributed by atoms with Crippen molar-refractivity contribution in [3.8, 4) is 11.5 Å². The topological polar surface area (TPSA) is 65.7 Å². The molecule has 2 heterocycles. The van der Waals surface area contributed by atoms with E-state index < -0.39 is 0 Å². The maximum atomic E-state index is 12.9. The summed E-state index contributed by atoms with van der Waals surface area (Å²) in [6, 6.07) is 19.8. The zero-order valence-electron chi connectivity index (χ0n) is 17.5. The van der Waals surface area contributed by atoms with Gasteiger partial charge in [-0.15, -0.1) is 5.10 Å². The third-order valence-corrected chi connectivity index (χ3v) is 6.10. The summed E-state index contributed by atoms with van der Waals surface area (Å²) in [5.41, 5.74) is 1.74. The van der Waals surface area contributed by atoms with Gasteiger partial charge in [0.25, 0.3) is 5.56 Å². The van der Waals surface area contributed by atoms with Crippen LogP contribution in [0.2, 0.25) is 0 Å². The number of hydrogen-bond donors (Lipinski definition) is 0. The van der Waals surface area contributed by atoms with E-state index in [9.17, 15) is 4.79 Å². The van der Waals surface area contributed by atoms with Crippen LogP contribution in [0, 0.1) is 0 Å². The fraction of sp³-hybridized carbons (Fsp3) is 0.0800. The van der Waals surface area contributed by atoms with E-state index in [1.165, 1.54) is 15.9 Å². The molecule has 0 aliphatic rings. The first kappa shape index (κ1) is 20.0. The second kappa shape index (κ2) is 8.28. The Kier molecular flexibility index (Phi) is 5.17. The Morgan fingerprint density at radius 3 is 2.56 bits per heavy atom. The van der Waals surface area contributed by atoms with Crippen LogP contribution in [0.4, 0.5) is 0 Å². The van der Waals surface area contributed by atoms with Crippen molar-refractivity contribution < 1.29 is 9.47 Å². The van der Waals surface area contributed by atoms with Crippen LogP contribution in [0.15, 0.2) is 65.5 Å². The van der Waals surface area contributed by atoms with Crippen LogP contribution < -0.4 is 19.6 Å². The van der Waals surface area contributed by atoms with E-state index >= 15 is 0 Å². The summed E-state index contributed by atoms with van der Waals surface area (Å²) < 4.78 is 12.6. The third kappa shape index (κ3) is 3.63. The Morgan fingerprint density at radius 1 is 0.938 bits per heavy atom. The van der Waals surface area contributed by atoms with Crippen molar-refractivity contribution in [2.24, 2.45) is 0 Å². The predicted molar refractivity (Wildman–Crippen MR) is 128 cm³/mol. The number of rotatable bonds is 5. The Morgan fingerprint density at radius 2 is 1.75 bits per heavy atom. The zero-order valence-corrected chi connectivity index (χ0v) is 18.3. The van der Waals surface area contributed by atoms with Crippen molar-refractivity contribution in [2.45, 2.75) is 0 Å². The Balaban J connectivity index is 1.49. The number of thiazole rings is 1. The molecule has 0 aliphatic carbocycles. The first-order valence-electron chi connectivity index (χ1n) is 9.95. The molecule has 158 valence electrons. The summed E-state index contributed by atoms with van der Waals surface area (Å²) in [6.45, 7) is 0. The maximum Gasteiger partial charge on any atom is 0.291 e. The van der Waals surface area contributed by atoms with Crippen LogP contribution in [-0.4, -0.2) is 28.8 Å². The highest BCUT2D eigenvalue weighted by molar-refractivity contribution is 7.15. The maximum absolute atomic E-state index is 12.9. The van der Waals surface area contributed by atoms with Gasteiger partial charge in [-0.3, -0.25) is 4.79 Å². The minimum absolute atomic E-state index is 0.170. The molecule has 5 rings (SSSR count). The van der Waals surface area contributed by atoms with Gasteiger partial charge >= 0.3 is 0 Å². The number of nitrogens with zero attached hydrogens (tertiary/aromatic N) is 3. The molecule has 0 fully saturated rings. The van der Waals surface area contributed by atoms with Crippen molar-refractivity contribution >= 4 is 45.3 Å². The molecule has 0 bridgehead atoms. The average molecular weight is 442 g/mol. The van der Waals surface area contributed by atoms with Crippen molar-refractivity contribution in [1.82, 2.24) is 14.6 Å². The van der Waals surface area contributed by atoms with Crippen molar-refractivity contribution in [3.63, 3.8) is 0 Å². The molecule has 0 saturated carbocycles. The monoisotopic (exact) mass is 441 g/mol. The summed E-state index contributed by atoms with van der Waals surface area (Å²) in [5.74, 6) is 1.78. The van der Waals surface area contributed by atoms with Gasteiger partial charge in [-0.1, -0.05) is 65.9 Å². The molecule has 3 aromatic carbocycles. The van der Waals surface area contributed by atoms with E-state index in [1.54, 1.807) is 20.3 Å². The van der Waals surface area contributed by atoms with Gasteiger partial charge in [0.2, 0.25) is 4.96 Å². The van der Waals surface area contributed by atoms with Gasteiger partial charge in [-0.25, -0.2) is 0 Å². The summed E-state index contributed by atoms with van der Waals surface area (Å²) in [5, 5.41) is 6.61. The average Bonchev–Trinajstić information content (AvgIpc) is 3.36. The van der Waals surface area contributed by atoms with Crippen molar-refractivity contribution in [2.75, 3.05) is 14.2 Å². The van der Waals surface area contributed by atoms with Crippen LogP contribution in [-0.2, 0) is 0 Å². The summed E-state index contributed by atoms with van der Waals surface area (Å²) in [7, 11) is 3.20. The molecule has 7 heteroatoms. The molecule has 0 atom stereocenters. The first-order valence-corrected chi connectivity index (χ1v) is 10.8. The molecule has 0 unspecified atom stereocenters. The summed E-state index contributed by atoms with van der Waals surface area (Å²) in [6.07, 6.45) is 5.55. The molecule has 0 spiro atoms. The molecule has 0 aliphatic heterocycles. The van der Waals surface area contributed by atoms with E-state index in [4.69, 9.17) is 9.47 Å². The van der Waals surface area contributed by atoms with Gasteiger partial charge in [-0.2, -0.15) is 9.50 Å². The standard InChI is InChI=1S/C25H19N3O3S/c1-30-20-12-10-16(14-21(20)31-2)11-13-23-26-25-28(27-23)24(29)22(32-25)15-18-8-5-7-17-6-3-4-9-19(17)18/h3-15H,1-2H3. The second-order valence-electron chi connectivity index (χ2n) is 7.10. The van der Waals surface area contributed by atoms with E-state index in [2.05, 4.69) is 28.3 Å². The zero-order chi connectivity index (χ0) is 22.1. The Labute approximate surface area is 187 Å². The molecule has 0 radical (unpaired) electrons. The van der Waals surface area contributed by atoms with Gasteiger partial charge < -0.3 is 9.47 Å². The van der Waals surface area contributed by atoms with Crippen LogP contribution in [0.1, 0.15) is 17.0 Å². The van der Waals surface area contributed by atoms with Crippen molar-refractivity contribution in [3.05, 3.63) is 92.5 Å². The van der Waals surface area contributed by atoms with Crippen molar-refractivity contribution in [1.29, 1.82) is 0 Å². The number of methoxy groups -OCH3 is 2. The van der Waals surface area contributed by atoms with Crippen LogP contribution in [0.25, 0.3) is 34.0 Å². The Bertz CT molecular complexity index is 1580. The quantitative estimate of drug-likeness (QED) is 0.412. The number of fused-ring (bicyclic) bond motifs is 2. The lowest BCUT2D eigenvalue weighted by atomic mass is 10.0. The first-order chi connectivity index (χ1) is 15.7. The molecular weight excluding hydrogens is 422 g/mol. The minimum atomic E-state index is -0.170. The molecule has 2 aromatic heterocycles. The van der Waals surface area contributed by atoms with Gasteiger partial charge in [0.05, 0.1) is 18.8 Å². The van der Waals surface area contributed by atoms with Crippen LogP contribution >= 0.6 is 11.3 Å². The fourth-order valence-electron chi connectivity index (χ4n) is 3.56. The largest absolute Gasteiger partial charge is 0.493 e. The number of benzene rings is 3. The normalized spacial score (nSPS) is 12.2. The smallest absolute Gasteiger partial charge is 0.291 e. The van der Waals surface area contributed by atoms with Gasteiger partial charge in [0.15, 0.2) is 17.3 Å². The Hall–Kier alpha value is -3.97. The lowest BCUT2D eigenvalue weighted by molar-refractivity contribution is 0.355.